The van der Waals surface area contributed by atoms with E-state index in [-0.39, 0.29) is 0 Å². The van der Waals surface area contributed by atoms with Crippen molar-refractivity contribution in [3.05, 3.63) is 30.3 Å². The van der Waals surface area contributed by atoms with Gasteiger partial charge in [-0.15, -0.1) is 0 Å². The Hall–Kier alpha value is -1.02. The molecule has 0 unspecified atom stereocenters. The fraction of sp³-hybridized carbons (Fsp3) is 0.571. The summed E-state index contributed by atoms with van der Waals surface area (Å²) in [4.78, 5) is 5.07. The summed E-state index contributed by atoms with van der Waals surface area (Å²) in [5.74, 6) is 0. The Morgan fingerprint density at radius 3 is 2.38 bits per heavy atom. The maximum atomic E-state index is 2.56. The third-order valence-corrected chi connectivity index (χ3v) is 3.48. The van der Waals surface area contributed by atoms with Gasteiger partial charge in [0.2, 0.25) is 0 Å². The molecule has 0 spiro atoms. The zero-order chi connectivity index (χ0) is 11.5. The Balaban J connectivity index is 2.05. The molecule has 0 aliphatic carbocycles. The molecule has 1 aromatic rings. The lowest BCUT2D eigenvalue weighted by Gasteiger charge is -2.43. The van der Waals surface area contributed by atoms with Crippen LogP contribution < -0.4 is 4.90 Å². The zero-order valence-electron chi connectivity index (χ0n) is 10.6. The Kier molecular flexibility index (Phi) is 3.49. The minimum absolute atomic E-state index is 0.610. The van der Waals surface area contributed by atoms with Crippen LogP contribution >= 0.6 is 0 Å². The first-order valence-electron chi connectivity index (χ1n) is 6.24. The van der Waals surface area contributed by atoms with Gasteiger partial charge in [0, 0.05) is 37.4 Å². The maximum absolute atomic E-state index is 2.56. The van der Waals surface area contributed by atoms with E-state index in [2.05, 4.69) is 60.9 Å². The standard InChI is InChI=1S/C14H22N2/c1-12(2)15-9-10-16(13(3)11-15)14-7-5-4-6-8-14/h4-8,12-13H,9-11H2,1-3H3/t13-/m1/s1. The highest BCUT2D eigenvalue weighted by Crippen LogP contribution is 2.20. The number of benzene rings is 1. The van der Waals surface area contributed by atoms with Crippen molar-refractivity contribution < 1.29 is 0 Å². The number of piperazine rings is 1. The Morgan fingerprint density at radius 1 is 1.12 bits per heavy atom. The molecule has 2 heteroatoms. The van der Waals surface area contributed by atoms with Crippen molar-refractivity contribution in [2.45, 2.75) is 32.9 Å². The third-order valence-electron chi connectivity index (χ3n) is 3.48. The van der Waals surface area contributed by atoms with E-state index in [1.165, 1.54) is 18.8 Å². The van der Waals surface area contributed by atoms with Crippen LogP contribution in [0, 0.1) is 0 Å². The minimum atomic E-state index is 0.610. The minimum Gasteiger partial charge on any atom is -0.366 e. The molecule has 0 aromatic heterocycles. The van der Waals surface area contributed by atoms with Crippen molar-refractivity contribution in [3.8, 4) is 0 Å². The normalized spacial score (nSPS) is 22.8. The summed E-state index contributed by atoms with van der Waals surface area (Å²) in [7, 11) is 0. The lowest BCUT2D eigenvalue weighted by molar-refractivity contribution is 0.185. The van der Waals surface area contributed by atoms with E-state index in [1.807, 2.05) is 0 Å². The predicted octanol–water partition coefficient (Wildman–Crippen LogP) is 2.61. The fourth-order valence-electron chi connectivity index (χ4n) is 2.46. The summed E-state index contributed by atoms with van der Waals surface area (Å²) < 4.78 is 0. The van der Waals surface area contributed by atoms with Gasteiger partial charge < -0.3 is 4.90 Å². The van der Waals surface area contributed by atoms with E-state index in [1.54, 1.807) is 0 Å². The first kappa shape index (κ1) is 11.5. The number of anilines is 1. The third kappa shape index (κ3) is 2.38. The van der Waals surface area contributed by atoms with Crippen molar-refractivity contribution in [2.24, 2.45) is 0 Å². The molecule has 0 amide bonds. The van der Waals surface area contributed by atoms with Gasteiger partial charge in [-0.1, -0.05) is 18.2 Å². The van der Waals surface area contributed by atoms with Crippen LogP contribution in [0.1, 0.15) is 20.8 Å². The van der Waals surface area contributed by atoms with E-state index in [9.17, 15) is 0 Å². The molecule has 0 radical (unpaired) electrons. The van der Waals surface area contributed by atoms with Crippen molar-refractivity contribution in [1.82, 2.24) is 4.90 Å². The van der Waals surface area contributed by atoms with Crippen LogP contribution in [0.5, 0.6) is 0 Å². The second-order valence-corrected chi connectivity index (χ2v) is 4.97. The topological polar surface area (TPSA) is 6.48 Å². The van der Waals surface area contributed by atoms with Gasteiger partial charge in [-0.3, -0.25) is 4.90 Å². The van der Waals surface area contributed by atoms with Gasteiger partial charge in [-0.2, -0.15) is 0 Å². The van der Waals surface area contributed by atoms with Crippen molar-refractivity contribution in [1.29, 1.82) is 0 Å². The summed E-state index contributed by atoms with van der Waals surface area (Å²) in [6, 6.07) is 12.0. The number of hydrogen-bond acceptors (Lipinski definition) is 2. The van der Waals surface area contributed by atoms with Crippen molar-refractivity contribution >= 4 is 5.69 Å². The summed E-state index contributed by atoms with van der Waals surface area (Å²) in [6.45, 7) is 10.4. The van der Waals surface area contributed by atoms with Crippen LogP contribution in [-0.2, 0) is 0 Å². The number of nitrogens with zero attached hydrogens (tertiary/aromatic N) is 2. The molecule has 1 heterocycles. The van der Waals surface area contributed by atoms with Gasteiger partial charge in [-0.05, 0) is 32.9 Å². The van der Waals surface area contributed by atoms with Gasteiger partial charge in [0.05, 0.1) is 0 Å². The summed E-state index contributed by atoms with van der Waals surface area (Å²) in [5.41, 5.74) is 1.36. The molecule has 16 heavy (non-hydrogen) atoms. The second kappa shape index (κ2) is 4.88. The lowest BCUT2D eigenvalue weighted by Crippen LogP contribution is -2.53. The van der Waals surface area contributed by atoms with Crippen LogP contribution in [-0.4, -0.2) is 36.6 Å². The van der Waals surface area contributed by atoms with E-state index >= 15 is 0 Å². The molecule has 1 fully saturated rings. The van der Waals surface area contributed by atoms with Crippen molar-refractivity contribution in [2.75, 3.05) is 24.5 Å². The summed E-state index contributed by atoms with van der Waals surface area (Å²) >= 11 is 0. The van der Waals surface area contributed by atoms with Crippen LogP contribution in [0.2, 0.25) is 0 Å². The highest BCUT2D eigenvalue weighted by Gasteiger charge is 2.24. The average Bonchev–Trinajstić information content (AvgIpc) is 2.30. The molecule has 2 rings (SSSR count). The molecular weight excluding hydrogens is 196 g/mol. The molecule has 1 saturated heterocycles. The first-order valence-corrected chi connectivity index (χ1v) is 6.24. The van der Waals surface area contributed by atoms with Crippen LogP contribution in [0.4, 0.5) is 5.69 Å². The van der Waals surface area contributed by atoms with E-state index in [0.29, 0.717) is 12.1 Å². The predicted molar refractivity (Wildman–Crippen MR) is 70.0 cm³/mol. The average molecular weight is 218 g/mol. The first-order chi connectivity index (χ1) is 7.68. The van der Waals surface area contributed by atoms with Gasteiger partial charge >= 0.3 is 0 Å². The smallest absolute Gasteiger partial charge is 0.0389 e. The summed E-state index contributed by atoms with van der Waals surface area (Å²) in [6.07, 6.45) is 0. The van der Waals surface area contributed by atoms with E-state index in [4.69, 9.17) is 0 Å². The Labute approximate surface area is 98.9 Å². The van der Waals surface area contributed by atoms with Gasteiger partial charge in [0.15, 0.2) is 0 Å². The molecule has 1 aliphatic rings. The highest BCUT2D eigenvalue weighted by atomic mass is 15.3. The summed E-state index contributed by atoms with van der Waals surface area (Å²) in [5, 5.41) is 0. The van der Waals surface area contributed by atoms with Crippen LogP contribution in [0.3, 0.4) is 0 Å². The number of para-hydroxylation sites is 1. The second-order valence-electron chi connectivity index (χ2n) is 4.97. The molecular formula is C14H22N2. The number of hydrogen-bond donors (Lipinski definition) is 0. The molecule has 1 atom stereocenters. The molecule has 1 aliphatic heterocycles. The molecule has 0 saturated carbocycles. The molecule has 0 bridgehead atoms. The van der Waals surface area contributed by atoms with Crippen LogP contribution in [0.25, 0.3) is 0 Å². The molecule has 1 aromatic carbocycles. The fourth-order valence-corrected chi connectivity index (χ4v) is 2.46. The van der Waals surface area contributed by atoms with E-state index < -0.39 is 0 Å². The Bertz CT molecular complexity index is 321. The van der Waals surface area contributed by atoms with Crippen molar-refractivity contribution in [3.63, 3.8) is 0 Å². The molecule has 2 nitrogen and oxygen atoms in total. The monoisotopic (exact) mass is 218 g/mol. The lowest BCUT2D eigenvalue weighted by atomic mass is 10.1. The quantitative estimate of drug-likeness (QED) is 0.753. The zero-order valence-corrected chi connectivity index (χ0v) is 10.6. The number of rotatable bonds is 2. The maximum Gasteiger partial charge on any atom is 0.0389 e. The van der Waals surface area contributed by atoms with Gasteiger partial charge in [-0.25, -0.2) is 0 Å². The van der Waals surface area contributed by atoms with Gasteiger partial charge in [0.25, 0.3) is 0 Å². The highest BCUT2D eigenvalue weighted by molar-refractivity contribution is 5.47. The van der Waals surface area contributed by atoms with E-state index in [0.717, 1.165) is 6.54 Å². The molecule has 0 N–H and O–H groups in total. The Morgan fingerprint density at radius 2 is 1.81 bits per heavy atom. The largest absolute Gasteiger partial charge is 0.366 e. The van der Waals surface area contributed by atoms with Crippen LogP contribution in [0.15, 0.2) is 30.3 Å². The molecule has 88 valence electrons. The van der Waals surface area contributed by atoms with Gasteiger partial charge in [0.1, 0.15) is 0 Å². The SMILES string of the molecule is CC(C)N1CCN(c2ccccc2)[C@H](C)C1.